The van der Waals surface area contributed by atoms with E-state index in [1.165, 1.54) is 0 Å². The van der Waals surface area contributed by atoms with Crippen LogP contribution in [0.5, 0.6) is 0 Å². The van der Waals surface area contributed by atoms with E-state index in [4.69, 9.17) is 4.74 Å². The lowest BCUT2D eigenvalue weighted by Crippen LogP contribution is -2.37. The number of benzene rings is 1. The second kappa shape index (κ2) is 6.37. The lowest BCUT2D eigenvalue weighted by atomic mass is 9.98. The van der Waals surface area contributed by atoms with Crippen LogP contribution in [0.1, 0.15) is 37.9 Å². The van der Waals surface area contributed by atoms with Crippen molar-refractivity contribution in [3.8, 4) is 0 Å². The van der Waals surface area contributed by atoms with Crippen LogP contribution >= 0.6 is 0 Å². The fourth-order valence-corrected chi connectivity index (χ4v) is 2.66. The first kappa shape index (κ1) is 15.0. The van der Waals surface area contributed by atoms with Gasteiger partial charge in [-0.05, 0) is 31.7 Å². The van der Waals surface area contributed by atoms with E-state index in [-0.39, 0.29) is 5.91 Å². The number of nitrogens with zero attached hydrogens (tertiary/aromatic N) is 1. The third kappa shape index (κ3) is 3.58. The number of rotatable bonds is 3. The molecule has 1 saturated heterocycles. The monoisotopic (exact) mass is 277 g/mol. The molecule has 1 N–H and O–H groups in total. The predicted molar refractivity (Wildman–Crippen MR) is 77.2 cm³/mol. The molecule has 0 aliphatic carbocycles. The highest BCUT2D eigenvalue weighted by molar-refractivity contribution is 5.82. The summed E-state index contributed by atoms with van der Waals surface area (Å²) in [7, 11) is 1.56. The van der Waals surface area contributed by atoms with E-state index in [9.17, 15) is 9.90 Å². The van der Waals surface area contributed by atoms with E-state index in [1.54, 1.807) is 7.11 Å². The maximum atomic E-state index is 12.6. The lowest BCUT2D eigenvalue weighted by Gasteiger charge is -2.26. The number of hydrogen-bond acceptors (Lipinski definition) is 3. The Bertz CT molecular complexity index is 444. The van der Waals surface area contributed by atoms with Crippen LogP contribution in [0.2, 0.25) is 0 Å². The van der Waals surface area contributed by atoms with Crippen molar-refractivity contribution >= 4 is 5.91 Å². The average Bonchev–Trinajstić information content (AvgIpc) is 2.61. The molecule has 1 heterocycles. The summed E-state index contributed by atoms with van der Waals surface area (Å²) in [5.41, 5.74) is 0.209. The molecule has 0 spiro atoms. The van der Waals surface area contributed by atoms with E-state index in [0.29, 0.717) is 19.5 Å². The van der Waals surface area contributed by atoms with Crippen LogP contribution in [-0.2, 0) is 9.53 Å². The molecule has 1 aromatic rings. The molecule has 0 bridgehead atoms. The molecule has 0 aromatic heterocycles. The first-order chi connectivity index (χ1) is 9.53. The smallest absolute Gasteiger partial charge is 0.256 e. The minimum atomic E-state index is -0.662. The minimum Gasteiger partial charge on any atom is -0.390 e. The van der Waals surface area contributed by atoms with Gasteiger partial charge < -0.3 is 14.7 Å². The van der Waals surface area contributed by atoms with Gasteiger partial charge in [-0.25, -0.2) is 0 Å². The molecular weight excluding hydrogens is 254 g/mol. The topological polar surface area (TPSA) is 49.8 Å². The van der Waals surface area contributed by atoms with Crippen molar-refractivity contribution in [2.45, 2.75) is 37.9 Å². The van der Waals surface area contributed by atoms with Crippen LogP contribution in [0, 0.1) is 0 Å². The highest BCUT2D eigenvalue weighted by Crippen LogP contribution is 2.25. The second-order valence-electron chi connectivity index (χ2n) is 5.70. The number of methoxy groups -OCH3 is 1. The van der Waals surface area contributed by atoms with Gasteiger partial charge in [0, 0.05) is 20.2 Å². The maximum absolute atomic E-state index is 12.6. The van der Waals surface area contributed by atoms with Gasteiger partial charge in [0.15, 0.2) is 6.10 Å². The fourth-order valence-electron chi connectivity index (χ4n) is 2.66. The van der Waals surface area contributed by atoms with Crippen molar-refractivity contribution < 1.29 is 14.6 Å². The van der Waals surface area contributed by atoms with Gasteiger partial charge in [0.05, 0.1) is 5.60 Å². The molecule has 1 amide bonds. The Balaban J connectivity index is 2.09. The summed E-state index contributed by atoms with van der Waals surface area (Å²) in [6, 6.07) is 9.54. The molecular formula is C16H23NO3. The second-order valence-corrected chi connectivity index (χ2v) is 5.70. The average molecular weight is 277 g/mol. The van der Waals surface area contributed by atoms with Crippen LogP contribution < -0.4 is 0 Å². The summed E-state index contributed by atoms with van der Waals surface area (Å²) < 4.78 is 5.39. The summed E-state index contributed by atoms with van der Waals surface area (Å²) in [6.45, 7) is 3.10. The zero-order chi connectivity index (χ0) is 14.6. The van der Waals surface area contributed by atoms with E-state index in [1.807, 2.05) is 42.2 Å². The molecule has 0 saturated carbocycles. The number of aliphatic hydroxyl groups is 1. The Morgan fingerprint density at radius 2 is 2.00 bits per heavy atom. The Kier molecular flexibility index (Phi) is 4.78. The van der Waals surface area contributed by atoms with Crippen molar-refractivity contribution in [2.24, 2.45) is 0 Å². The summed E-state index contributed by atoms with van der Waals surface area (Å²) in [5.74, 6) is -0.0172. The third-order valence-corrected chi connectivity index (χ3v) is 3.94. The minimum absolute atomic E-state index is 0.0172. The Labute approximate surface area is 120 Å². The van der Waals surface area contributed by atoms with E-state index < -0.39 is 11.7 Å². The first-order valence-electron chi connectivity index (χ1n) is 7.12. The number of hydrogen-bond donors (Lipinski definition) is 1. The molecule has 2 unspecified atom stereocenters. The number of amides is 1. The van der Waals surface area contributed by atoms with Gasteiger partial charge in [-0.15, -0.1) is 0 Å². The zero-order valence-corrected chi connectivity index (χ0v) is 12.2. The molecule has 1 aliphatic heterocycles. The summed E-state index contributed by atoms with van der Waals surface area (Å²) in [5, 5.41) is 10.1. The highest BCUT2D eigenvalue weighted by atomic mass is 16.5. The zero-order valence-electron chi connectivity index (χ0n) is 12.2. The van der Waals surface area contributed by atoms with Crippen LogP contribution in [0.3, 0.4) is 0 Å². The van der Waals surface area contributed by atoms with Gasteiger partial charge in [0.2, 0.25) is 0 Å². The third-order valence-electron chi connectivity index (χ3n) is 3.94. The van der Waals surface area contributed by atoms with Gasteiger partial charge in [0.1, 0.15) is 0 Å². The molecule has 2 rings (SSSR count). The van der Waals surface area contributed by atoms with E-state index >= 15 is 0 Å². The van der Waals surface area contributed by atoms with E-state index in [0.717, 1.165) is 18.4 Å². The molecule has 4 nitrogen and oxygen atoms in total. The van der Waals surface area contributed by atoms with Gasteiger partial charge in [-0.2, -0.15) is 0 Å². The predicted octanol–water partition coefficient (Wildman–Crippen LogP) is 2.14. The van der Waals surface area contributed by atoms with Crippen molar-refractivity contribution in [3.05, 3.63) is 35.9 Å². The van der Waals surface area contributed by atoms with Gasteiger partial charge in [0.25, 0.3) is 5.91 Å². The Hall–Kier alpha value is -1.39. The normalized spacial score (nSPS) is 25.1. The fraction of sp³-hybridized carbons (Fsp3) is 0.562. The molecule has 4 heteroatoms. The number of ether oxygens (including phenoxy) is 1. The number of carbonyl (C=O) groups is 1. The molecule has 1 aromatic carbocycles. The van der Waals surface area contributed by atoms with Crippen molar-refractivity contribution in [2.75, 3.05) is 20.2 Å². The van der Waals surface area contributed by atoms with Crippen LogP contribution in [0.15, 0.2) is 30.3 Å². The van der Waals surface area contributed by atoms with Crippen molar-refractivity contribution in [1.29, 1.82) is 0 Å². The Morgan fingerprint density at radius 3 is 2.65 bits per heavy atom. The molecule has 2 atom stereocenters. The molecule has 20 heavy (non-hydrogen) atoms. The summed E-state index contributed by atoms with van der Waals surface area (Å²) in [6.07, 6.45) is 1.62. The van der Waals surface area contributed by atoms with Gasteiger partial charge >= 0.3 is 0 Å². The first-order valence-corrected chi connectivity index (χ1v) is 7.12. The summed E-state index contributed by atoms with van der Waals surface area (Å²) in [4.78, 5) is 14.4. The largest absolute Gasteiger partial charge is 0.390 e. The van der Waals surface area contributed by atoms with Gasteiger partial charge in [-0.3, -0.25) is 4.79 Å². The molecule has 110 valence electrons. The van der Waals surface area contributed by atoms with Crippen LogP contribution in [0.25, 0.3) is 0 Å². The summed E-state index contributed by atoms with van der Waals surface area (Å²) >= 11 is 0. The van der Waals surface area contributed by atoms with E-state index in [2.05, 4.69) is 0 Å². The quantitative estimate of drug-likeness (QED) is 0.921. The SMILES string of the molecule is COC(C(=O)N1CCCC(C)(O)CC1)c1ccccc1. The Morgan fingerprint density at radius 1 is 1.30 bits per heavy atom. The number of likely N-dealkylation sites (tertiary alicyclic amines) is 1. The number of carbonyl (C=O) groups excluding carboxylic acids is 1. The molecule has 0 radical (unpaired) electrons. The van der Waals surface area contributed by atoms with Crippen molar-refractivity contribution in [1.82, 2.24) is 4.90 Å². The maximum Gasteiger partial charge on any atom is 0.256 e. The highest BCUT2D eigenvalue weighted by Gasteiger charge is 2.30. The van der Waals surface area contributed by atoms with Crippen molar-refractivity contribution in [3.63, 3.8) is 0 Å². The standard InChI is InChI=1S/C16H23NO3/c1-16(19)9-6-11-17(12-10-16)15(18)14(20-2)13-7-4-3-5-8-13/h3-5,7-8,14,19H,6,9-12H2,1-2H3. The van der Waals surface area contributed by atoms with Crippen LogP contribution in [0.4, 0.5) is 0 Å². The molecule has 1 fully saturated rings. The van der Waals surface area contributed by atoms with Gasteiger partial charge in [-0.1, -0.05) is 30.3 Å². The molecule has 1 aliphatic rings. The lowest BCUT2D eigenvalue weighted by molar-refractivity contribution is -0.142. The van der Waals surface area contributed by atoms with Crippen LogP contribution in [-0.4, -0.2) is 41.7 Å².